The molecule has 1 atom stereocenters. The Morgan fingerprint density at radius 3 is 2.60 bits per heavy atom. The number of aliphatic hydroxyl groups excluding tert-OH is 1. The number of nitrogens with zero attached hydrogens (tertiary/aromatic N) is 4. The molecule has 0 bridgehead atoms. The summed E-state index contributed by atoms with van der Waals surface area (Å²) in [7, 11) is -1.85. The van der Waals surface area contributed by atoms with Crippen molar-refractivity contribution in [1.82, 2.24) is 19.1 Å². The molecule has 1 aliphatic rings. The lowest BCUT2D eigenvalue weighted by Crippen LogP contribution is -2.39. The van der Waals surface area contributed by atoms with E-state index < -0.39 is 10.0 Å². The molecule has 3 aromatic rings. The molecule has 0 radical (unpaired) electrons. The lowest BCUT2D eigenvalue weighted by atomic mass is 9.95. The van der Waals surface area contributed by atoms with Crippen molar-refractivity contribution in [2.24, 2.45) is 7.05 Å². The van der Waals surface area contributed by atoms with Gasteiger partial charge in [-0.15, -0.1) is 0 Å². The second-order valence-electron chi connectivity index (χ2n) is 7.76. The zero-order valence-corrected chi connectivity index (χ0v) is 18.0. The number of aliphatic hydroxyl groups is 1. The van der Waals surface area contributed by atoms with Crippen LogP contribution in [0.25, 0.3) is 11.3 Å². The van der Waals surface area contributed by atoms with Gasteiger partial charge in [0.2, 0.25) is 10.0 Å². The molecular weight excluding hydrogens is 400 g/mol. The number of pyridine rings is 1. The topological polar surface area (TPSA) is 88.3 Å². The molecule has 1 N–H and O–H groups in total. The normalized spacial score (nSPS) is 17.9. The maximum atomic E-state index is 13.2. The molecule has 0 unspecified atom stereocenters. The highest BCUT2D eigenvalue weighted by molar-refractivity contribution is 7.89. The van der Waals surface area contributed by atoms with Gasteiger partial charge in [-0.05, 0) is 37.5 Å². The number of sulfonamides is 1. The van der Waals surface area contributed by atoms with Crippen LogP contribution >= 0.6 is 0 Å². The van der Waals surface area contributed by atoms with E-state index in [4.69, 9.17) is 4.98 Å². The van der Waals surface area contributed by atoms with Crippen LogP contribution in [-0.4, -0.2) is 45.7 Å². The molecule has 1 saturated heterocycles. The van der Waals surface area contributed by atoms with Crippen molar-refractivity contribution in [3.8, 4) is 11.3 Å². The standard InChI is InChI=1S/C22H26N4O3S/c1-16-22(14-25(2)24-16)30(28,29)26-12-4-5-19(13-26)21-7-3-6-20(23-21)18-10-8-17(15-27)9-11-18/h3,6-11,14,19,27H,4-5,12-13,15H2,1-2H3/t19-/m1/s1. The second kappa shape index (κ2) is 8.29. The maximum absolute atomic E-state index is 13.2. The average Bonchev–Trinajstić information content (AvgIpc) is 3.13. The smallest absolute Gasteiger partial charge is 0.246 e. The first-order chi connectivity index (χ1) is 14.4. The predicted molar refractivity (Wildman–Crippen MR) is 114 cm³/mol. The van der Waals surface area contributed by atoms with Crippen LogP contribution in [0, 0.1) is 6.92 Å². The zero-order valence-electron chi connectivity index (χ0n) is 17.2. The number of rotatable bonds is 5. The van der Waals surface area contributed by atoms with E-state index in [0.717, 1.165) is 35.4 Å². The second-order valence-corrected chi connectivity index (χ2v) is 9.66. The predicted octanol–water partition coefficient (Wildman–Crippen LogP) is 2.85. The SMILES string of the molecule is Cc1nn(C)cc1S(=O)(=O)N1CCC[C@@H](c2cccc(-c3ccc(CO)cc3)n2)C1. The van der Waals surface area contributed by atoms with Crippen molar-refractivity contribution < 1.29 is 13.5 Å². The van der Waals surface area contributed by atoms with Gasteiger partial charge >= 0.3 is 0 Å². The van der Waals surface area contributed by atoms with E-state index in [1.54, 1.807) is 24.5 Å². The Bertz CT molecular complexity index is 1140. The third kappa shape index (κ3) is 4.03. The highest BCUT2D eigenvalue weighted by Gasteiger charge is 2.33. The average molecular weight is 427 g/mol. The van der Waals surface area contributed by atoms with Crippen LogP contribution in [0.4, 0.5) is 0 Å². The Morgan fingerprint density at radius 2 is 1.93 bits per heavy atom. The van der Waals surface area contributed by atoms with Gasteiger partial charge in [-0.25, -0.2) is 8.42 Å². The summed E-state index contributed by atoms with van der Waals surface area (Å²) in [4.78, 5) is 5.11. The van der Waals surface area contributed by atoms with Gasteiger partial charge in [0.05, 0.1) is 18.0 Å². The van der Waals surface area contributed by atoms with Crippen LogP contribution in [0.3, 0.4) is 0 Å². The van der Waals surface area contributed by atoms with Crippen LogP contribution in [0.5, 0.6) is 0 Å². The molecule has 0 saturated carbocycles. The summed E-state index contributed by atoms with van der Waals surface area (Å²) in [5, 5.41) is 13.4. The Labute approximate surface area is 177 Å². The minimum absolute atomic E-state index is 0.0105. The summed E-state index contributed by atoms with van der Waals surface area (Å²) in [6.45, 7) is 2.66. The van der Waals surface area contributed by atoms with Crippen molar-refractivity contribution in [3.05, 3.63) is 65.6 Å². The van der Waals surface area contributed by atoms with Crippen molar-refractivity contribution >= 4 is 10.0 Å². The Morgan fingerprint density at radius 1 is 1.17 bits per heavy atom. The van der Waals surface area contributed by atoms with Crippen molar-refractivity contribution in [2.75, 3.05) is 13.1 Å². The fourth-order valence-corrected chi connectivity index (χ4v) is 5.72. The third-order valence-corrected chi connectivity index (χ3v) is 7.56. The molecule has 158 valence electrons. The molecule has 30 heavy (non-hydrogen) atoms. The summed E-state index contributed by atoms with van der Waals surface area (Å²) in [5.41, 5.74) is 4.10. The minimum Gasteiger partial charge on any atom is -0.392 e. The monoisotopic (exact) mass is 426 g/mol. The van der Waals surface area contributed by atoms with E-state index in [1.807, 2.05) is 42.5 Å². The fraction of sp³-hybridized carbons (Fsp3) is 0.364. The first kappa shape index (κ1) is 20.7. The number of hydrogen-bond donors (Lipinski definition) is 1. The highest BCUT2D eigenvalue weighted by atomic mass is 32.2. The first-order valence-electron chi connectivity index (χ1n) is 10.1. The Kier molecular flexibility index (Phi) is 5.73. The first-order valence-corrected chi connectivity index (χ1v) is 11.5. The van der Waals surface area contributed by atoms with Crippen LogP contribution in [0.15, 0.2) is 53.6 Å². The van der Waals surface area contributed by atoms with Crippen LogP contribution < -0.4 is 0 Å². The molecule has 8 heteroatoms. The number of piperidine rings is 1. The molecule has 7 nitrogen and oxygen atoms in total. The minimum atomic E-state index is -3.58. The van der Waals surface area contributed by atoms with Gasteiger partial charge in [-0.1, -0.05) is 30.3 Å². The van der Waals surface area contributed by atoms with E-state index >= 15 is 0 Å². The zero-order chi connectivity index (χ0) is 21.3. The molecule has 1 aliphatic heterocycles. The van der Waals surface area contributed by atoms with Gasteiger partial charge in [0.25, 0.3) is 0 Å². The fourth-order valence-electron chi connectivity index (χ4n) is 3.99. The lowest BCUT2D eigenvalue weighted by Gasteiger charge is -2.31. The van der Waals surface area contributed by atoms with Gasteiger partial charge in [-0.2, -0.15) is 9.40 Å². The number of aryl methyl sites for hydroxylation is 2. The van der Waals surface area contributed by atoms with E-state index in [9.17, 15) is 13.5 Å². The summed E-state index contributed by atoms with van der Waals surface area (Å²) in [6, 6.07) is 13.6. The maximum Gasteiger partial charge on any atom is 0.246 e. The van der Waals surface area contributed by atoms with Gasteiger partial charge in [0.1, 0.15) is 4.90 Å². The van der Waals surface area contributed by atoms with Crippen LogP contribution in [0.1, 0.15) is 35.7 Å². The number of benzene rings is 1. The molecule has 0 spiro atoms. The molecule has 0 amide bonds. The third-order valence-electron chi connectivity index (χ3n) is 5.59. The lowest BCUT2D eigenvalue weighted by molar-refractivity contribution is 0.282. The molecule has 1 fully saturated rings. The van der Waals surface area contributed by atoms with Crippen molar-refractivity contribution in [2.45, 2.75) is 37.2 Å². The summed E-state index contributed by atoms with van der Waals surface area (Å²) in [5.74, 6) is 0.0437. The molecule has 3 heterocycles. The number of hydrogen-bond acceptors (Lipinski definition) is 5. The molecular formula is C22H26N4O3S. The number of aromatic nitrogens is 3. The largest absolute Gasteiger partial charge is 0.392 e. The van der Waals surface area contributed by atoms with Crippen LogP contribution in [0.2, 0.25) is 0 Å². The van der Waals surface area contributed by atoms with Crippen molar-refractivity contribution in [1.29, 1.82) is 0 Å². The molecule has 2 aromatic heterocycles. The summed E-state index contributed by atoms with van der Waals surface area (Å²) >= 11 is 0. The van der Waals surface area contributed by atoms with E-state index in [2.05, 4.69) is 5.10 Å². The Hall–Kier alpha value is -2.55. The van der Waals surface area contributed by atoms with Gasteiger partial charge in [0, 0.05) is 43.5 Å². The molecule has 4 rings (SSSR count). The van der Waals surface area contributed by atoms with Crippen LogP contribution in [-0.2, 0) is 23.7 Å². The van der Waals surface area contributed by atoms with Gasteiger partial charge in [0.15, 0.2) is 0 Å². The van der Waals surface area contributed by atoms with E-state index in [1.165, 1.54) is 4.68 Å². The van der Waals surface area contributed by atoms with Gasteiger partial charge < -0.3 is 5.11 Å². The van der Waals surface area contributed by atoms with E-state index in [-0.39, 0.29) is 17.4 Å². The van der Waals surface area contributed by atoms with Gasteiger partial charge in [-0.3, -0.25) is 9.67 Å². The molecule has 1 aromatic carbocycles. The summed E-state index contributed by atoms with van der Waals surface area (Å²) in [6.07, 6.45) is 3.27. The highest BCUT2D eigenvalue weighted by Crippen LogP contribution is 2.31. The Balaban J connectivity index is 1.58. The van der Waals surface area contributed by atoms with Crippen molar-refractivity contribution in [3.63, 3.8) is 0 Å². The summed E-state index contributed by atoms with van der Waals surface area (Å²) < 4.78 is 29.5. The quantitative estimate of drug-likeness (QED) is 0.678. The molecule has 0 aliphatic carbocycles. The van der Waals surface area contributed by atoms with E-state index in [0.29, 0.717) is 18.8 Å².